The van der Waals surface area contributed by atoms with E-state index >= 15 is 4.39 Å². The lowest BCUT2D eigenvalue weighted by Crippen LogP contribution is -2.55. The van der Waals surface area contributed by atoms with Crippen molar-refractivity contribution in [2.45, 2.75) is 43.7 Å². The number of nitrogens with zero attached hydrogens (tertiary/aromatic N) is 6. The highest BCUT2D eigenvalue weighted by atomic mass is 35.5. The van der Waals surface area contributed by atoms with Gasteiger partial charge in [-0.15, -0.1) is 0 Å². The van der Waals surface area contributed by atoms with Crippen LogP contribution in [0.25, 0.3) is 32.8 Å². The maximum absolute atomic E-state index is 16.8. The quantitative estimate of drug-likeness (QED) is 0.229. The van der Waals surface area contributed by atoms with Crippen molar-refractivity contribution >= 4 is 45.0 Å². The van der Waals surface area contributed by atoms with Crippen LogP contribution in [0, 0.1) is 17.1 Å². The third kappa shape index (κ3) is 5.59. The molecular weight excluding hydrogens is 626 g/mol. The van der Waals surface area contributed by atoms with Gasteiger partial charge >= 0.3 is 6.01 Å². The van der Waals surface area contributed by atoms with Crippen LogP contribution in [0.3, 0.4) is 0 Å². The van der Waals surface area contributed by atoms with Gasteiger partial charge in [-0.3, -0.25) is 9.69 Å². The number of carbonyl (C=O) groups is 1. The summed E-state index contributed by atoms with van der Waals surface area (Å²) < 4.78 is 37.0. The Bertz CT molecular complexity index is 1960. The number of benzene rings is 3. The van der Waals surface area contributed by atoms with Crippen molar-refractivity contribution in [3.05, 3.63) is 65.7 Å². The fraction of sp³-hybridized carbons (Fsp3) is 0.371. The van der Waals surface area contributed by atoms with Crippen molar-refractivity contribution in [3.8, 4) is 29.0 Å². The molecular formula is C35H33ClF2N6O3. The highest BCUT2D eigenvalue weighted by Gasteiger charge is 2.45. The first-order chi connectivity index (χ1) is 22.7. The van der Waals surface area contributed by atoms with Gasteiger partial charge in [0.05, 0.1) is 24.1 Å². The molecule has 1 N–H and O–H groups in total. The Balaban J connectivity index is 1.34. The lowest BCUT2D eigenvalue weighted by atomic mass is 9.95. The molecule has 242 valence electrons. The highest BCUT2D eigenvalue weighted by molar-refractivity contribution is 6.31. The van der Waals surface area contributed by atoms with E-state index in [1.807, 2.05) is 4.90 Å². The molecule has 4 aromatic rings. The van der Waals surface area contributed by atoms with E-state index in [2.05, 4.69) is 22.5 Å². The number of anilines is 1. The molecule has 3 aromatic carbocycles. The van der Waals surface area contributed by atoms with Crippen LogP contribution in [-0.4, -0.2) is 81.7 Å². The van der Waals surface area contributed by atoms with Crippen LogP contribution >= 0.6 is 11.6 Å². The van der Waals surface area contributed by atoms with Crippen molar-refractivity contribution < 1.29 is 23.4 Å². The number of phenolic OH excluding ortho intramolecular Hbond substituents is 1. The number of ether oxygens (including phenoxy) is 1. The van der Waals surface area contributed by atoms with Crippen molar-refractivity contribution in [2.24, 2.45) is 0 Å². The molecule has 0 saturated carbocycles. The maximum atomic E-state index is 16.8. The van der Waals surface area contributed by atoms with E-state index < -0.39 is 23.6 Å². The summed E-state index contributed by atoms with van der Waals surface area (Å²) in [7, 11) is 0. The minimum absolute atomic E-state index is 0.0213. The fourth-order valence-electron chi connectivity index (χ4n) is 7.59. The minimum Gasteiger partial charge on any atom is -0.508 e. The third-order valence-electron chi connectivity index (χ3n) is 9.84. The molecule has 3 aliphatic heterocycles. The standard InChI is InChI=1S/C35H33ClF2N6O3/c1-21(37)33(46)44-15-14-42(19-24(44)8-11-39)32-27-7-6-26(29-18-25(45)16-22-4-5-23(36)17-28(22)29)30(38)31(27)40-34(41-32)47-20-35-9-2-12-43(35)13-3-10-35/h4-7,16-18,24,45H,1-3,8-10,12-15,19-20H2/t24-/m0/s1. The molecule has 0 radical (unpaired) electrons. The van der Waals surface area contributed by atoms with Gasteiger partial charge in [0.15, 0.2) is 11.6 Å². The number of aromatic hydroxyl groups is 1. The number of hydrogen-bond acceptors (Lipinski definition) is 8. The Morgan fingerprint density at radius 3 is 2.62 bits per heavy atom. The number of piperazine rings is 1. The zero-order valence-corrected chi connectivity index (χ0v) is 26.4. The van der Waals surface area contributed by atoms with Crippen LogP contribution in [0.5, 0.6) is 11.8 Å². The predicted molar refractivity (Wildman–Crippen MR) is 176 cm³/mol. The molecule has 0 aliphatic carbocycles. The average molecular weight is 659 g/mol. The summed E-state index contributed by atoms with van der Waals surface area (Å²) in [6.45, 7) is 6.07. The lowest BCUT2D eigenvalue weighted by Gasteiger charge is -2.41. The van der Waals surface area contributed by atoms with Gasteiger partial charge in [-0.1, -0.05) is 30.3 Å². The molecule has 0 spiro atoms. The number of fused-ring (bicyclic) bond motifs is 3. The van der Waals surface area contributed by atoms with Gasteiger partial charge < -0.3 is 19.6 Å². The van der Waals surface area contributed by atoms with Crippen LogP contribution in [0.4, 0.5) is 14.6 Å². The van der Waals surface area contributed by atoms with Crippen molar-refractivity contribution in [1.29, 1.82) is 5.26 Å². The second kappa shape index (κ2) is 12.2. The Morgan fingerprint density at radius 1 is 1.09 bits per heavy atom. The molecule has 1 aromatic heterocycles. The van der Waals surface area contributed by atoms with Gasteiger partial charge in [0.25, 0.3) is 5.91 Å². The molecule has 1 amide bonds. The number of nitriles is 1. The van der Waals surface area contributed by atoms with E-state index in [0.29, 0.717) is 39.2 Å². The monoisotopic (exact) mass is 658 g/mol. The summed E-state index contributed by atoms with van der Waals surface area (Å²) in [5.41, 5.74) is 0.591. The Kier molecular flexibility index (Phi) is 8.10. The Hall–Kier alpha value is -4.53. The molecule has 12 heteroatoms. The van der Waals surface area contributed by atoms with E-state index in [1.165, 1.54) is 11.0 Å². The summed E-state index contributed by atoms with van der Waals surface area (Å²) in [6.07, 6.45) is 4.14. The van der Waals surface area contributed by atoms with E-state index in [4.69, 9.17) is 21.3 Å². The van der Waals surface area contributed by atoms with E-state index in [1.54, 1.807) is 36.4 Å². The van der Waals surface area contributed by atoms with Gasteiger partial charge in [0, 0.05) is 35.6 Å². The molecule has 3 aliphatic rings. The van der Waals surface area contributed by atoms with E-state index in [-0.39, 0.29) is 54.4 Å². The first-order valence-corrected chi connectivity index (χ1v) is 16.1. The topological polar surface area (TPSA) is 106 Å². The predicted octanol–water partition coefficient (Wildman–Crippen LogP) is 6.37. The van der Waals surface area contributed by atoms with Crippen molar-refractivity contribution in [1.82, 2.24) is 19.8 Å². The first-order valence-electron chi connectivity index (χ1n) is 15.8. The third-order valence-corrected chi connectivity index (χ3v) is 10.1. The highest BCUT2D eigenvalue weighted by Crippen LogP contribution is 2.41. The number of hydrogen-bond donors (Lipinski definition) is 1. The lowest BCUT2D eigenvalue weighted by molar-refractivity contribution is -0.131. The normalized spacial score (nSPS) is 19.2. The fourth-order valence-corrected chi connectivity index (χ4v) is 7.76. The number of halogens is 3. The molecule has 4 heterocycles. The summed E-state index contributed by atoms with van der Waals surface area (Å²) in [6, 6.07) is 13.1. The summed E-state index contributed by atoms with van der Waals surface area (Å²) >= 11 is 6.32. The van der Waals surface area contributed by atoms with Gasteiger partial charge in [-0.05, 0) is 85.4 Å². The van der Waals surface area contributed by atoms with Gasteiger partial charge in [-0.25, -0.2) is 8.78 Å². The van der Waals surface area contributed by atoms with E-state index in [0.717, 1.165) is 38.8 Å². The summed E-state index contributed by atoms with van der Waals surface area (Å²) in [5.74, 6) is -2.20. The zero-order chi connectivity index (χ0) is 32.9. The second-order valence-corrected chi connectivity index (χ2v) is 13.0. The number of amides is 1. The van der Waals surface area contributed by atoms with Crippen LogP contribution in [0.15, 0.2) is 54.9 Å². The first kappa shape index (κ1) is 31.1. The zero-order valence-electron chi connectivity index (χ0n) is 25.7. The summed E-state index contributed by atoms with van der Waals surface area (Å²) in [5, 5.41) is 22.3. The minimum atomic E-state index is -1.09. The van der Waals surface area contributed by atoms with Gasteiger partial charge in [0.2, 0.25) is 0 Å². The average Bonchev–Trinajstić information content (AvgIpc) is 3.64. The Morgan fingerprint density at radius 2 is 1.87 bits per heavy atom. The van der Waals surface area contributed by atoms with Crippen molar-refractivity contribution in [2.75, 3.05) is 44.2 Å². The molecule has 1 atom stereocenters. The SMILES string of the molecule is C=C(F)C(=O)N1CCN(c2nc(OCC34CCCN3CCC4)nc3c(F)c(-c4cc(O)cc5ccc(Cl)cc45)ccc23)C[C@@H]1CC#N. The van der Waals surface area contributed by atoms with Crippen molar-refractivity contribution in [3.63, 3.8) is 0 Å². The molecule has 47 heavy (non-hydrogen) atoms. The van der Waals surface area contributed by atoms with Gasteiger partial charge in [0.1, 0.15) is 23.7 Å². The molecule has 7 rings (SSSR count). The Labute approximate surface area is 275 Å². The van der Waals surface area contributed by atoms with Crippen LogP contribution in [-0.2, 0) is 4.79 Å². The van der Waals surface area contributed by atoms with Gasteiger partial charge in [-0.2, -0.15) is 15.2 Å². The second-order valence-electron chi connectivity index (χ2n) is 12.6. The molecule has 3 fully saturated rings. The molecule has 0 unspecified atom stereocenters. The summed E-state index contributed by atoms with van der Waals surface area (Å²) in [4.78, 5) is 27.6. The molecule has 3 saturated heterocycles. The number of rotatable bonds is 7. The van der Waals surface area contributed by atoms with Crippen LogP contribution in [0.1, 0.15) is 32.1 Å². The van der Waals surface area contributed by atoms with Crippen LogP contribution < -0.4 is 9.64 Å². The molecule has 0 bridgehead atoms. The number of aromatic nitrogens is 2. The maximum Gasteiger partial charge on any atom is 0.319 e. The smallest absolute Gasteiger partial charge is 0.319 e. The molecule has 9 nitrogen and oxygen atoms in total. The van der Waals surface area contributed by atoms with Crippen LogP contribution in [0.2, 0.25) is 5.02 Å². The largest absolute Gasteiger partial charge is 0.508 e. The van der Waals surface area contributed by atoms with E-state index in [9.17, 15) is 19.6 Å². The number of carbonyl (C=O) groups excluding carboxylic acids is 1. The number of phenols is 1.